The van der Waals surface area contributed by atoms with E-state index in [9.17, 15) is 0 Å². The normalized spacial score (nSPS) is 5.29. The van der Waals surface area contributed by atoms with Gasteiger partial charge in [-0.1, -0.05) is 0 Å². The van der Waals surface area contributed by atoms with E-state index in [-0.39, 0.29) is 86.6 Å². The minimum atomic E-state index is -4.34. The van der Waals surface area contributed by atoms with Gasteiger partial charge in [0.25, 0.3) is 0 Å². The third-order valence-electron chi connectivity index (χ3n) is 0. The van der Waals surface area contributed by atoms with E-state index in [0.717, 1.165) is 0 Å². The average molecular weight is 695 g/mol. The van der Waals surface area contributed by atoms with Crippen LogP contribution >= 0.6 is 0 Å². The summed E-state index contributed by atoms with van der Waals surface area (Å²) in [4.78, 5) is 8.33. The Labute approximate surface area is 162 Å². The van der Waals surface area contributed by atoms with Gasteiger partial charge in [0, 0.05) is 0 Å². The van der Waals surface area contributed by atoms with Crippen LogP contribution in [0, 0.1) is 0 Å². The van der Waals surface area contributed by atoms with Crippen molar-refractivity contribution in [1.82, 2.24) is 0 Å². The van der Waals surface area contributed by atoms with Crippen LogP contribution in [0.2, 0.25) is 0 Å². The van der Waals surface area contributed by atoms with Crippen molar-refractivity contribution >= 4 is 92.8 Å². The number of carboxylic acid groups (broad SMARTS) is 2. The molecule has 0 amide bonds. The second-order valence-electron chi connectivity index (χ2n) is 0.697. The quantitative estimate of drug-likeness (QED) is 0.223. The van der Waals surface area contributed by atoms with Crippen LogP contribution in [-0.2, 0) is 50.6 Å². The van der Waals surface area contributed by atoms with E-state index in [1.807, 2.05) is 0 Å². The Hall–Kier alpha value is 2.70. The molecule has 0 fully saturated rings. The standard InChI is InChI=1S/CH2O3.Ba.Ca.6O.2Ta/c2-1(3)4;;;;;;;;;;/h(H2,2,3,4);;;;;;;;;;/q;2*+2;;;;;2*-1;;/p-2. The van der Waals surface area contributed by atoms with Crippen LogP contribution < -0.4 is 17.4 Å². The molecule has 14 heavy (non-hydrogen) atoms. The Morgan fingerprint density at radius 1 is 0.857 bits per heavy atom. The van der Waals surface area contributed by atoms with Gasteiger partial charge in [-0.15, -0.1) is 0 Å². The third-order valence-corrected chi connectivity index (χ3v) is 0. The van der Waals surface area contributed by atoms with Gasteiger partial charge in [0.1, 0.15) is 0 Å². The second kappa shape index (κ2) is 24.8. The molecule has 0 bridgehead atoms. The topological polar surface area (TPSA) is 178 Å². The molecular weight excluding hydrogens is 695 g/mol. The molecule has 0 N–H and O–H groups in total. The fourth-order valence-corrected chi connectivity index (χ4v) is 0. The summed E-state index contributed by atoms with van der Waals surface area (Å²) >= 11 is -8.69. The van der Waals surface area contributed by atoms with E-state index >= 15 is 0 Å². The zero-order valence-electron chi connectivity index (χ0n) is 6.48. The summed E-state index contributed by atoms with van der Waals surface area (Å²) in [6.07, 6.45) is -2.33. The van der Waals surface area contributed by atoms with Crippen molar-refractivity contribution in [3.05, 3.63) is 0 Å². The summed E-state index contributed by atoms with van der Waals surface area (Å²) in [7, 11) is 0. The second-order valence-corrected chi connectivity index (χ2v) is 3.91. The van der Waals surface area contributed by atoms with Crippen LogP contribution in [-0.4, -0.2) is 92.8 Å². The van der Waals surface area contributed by atoms with E-state index in [1.54, 1.807) is 0 Å². The molecule has 13 heteroatoms. The Kier molecular flexibility index (Phi) is 53.2. The van der Waals surface area contributed by atoms with Crippen LogP contribution in [0.4, 0.5) is 4.79 Å². The van der Waals surface area contributed by atoms with E-state index in [0.29, 0.717) is 0 Å². The SMILES string of the molecule is O=C([O-])[O-].[Ba+2].[Ca+2].[O]=[Ta](=[O])[O-].[O]=[Ta](=[O])[O-]. The van der Waals surface area contributed by atoms with Gasteiger partial charge in [0.2, 0.25) is 0 Å². The fraction of sp³-hybridized carbons (Fsp3) is 0. The van der Waals surface area contributed by atoms with Crippen molar-refractivity contribution < 1.29 is 72.8 Å². The van der Waals surface area contributed by atoms with Crippen molar-refractivity contribution in [2.75, 3.05) is 0 Å². The summed E-state index contributed by atoms with van der Waals surface area (Å²) in [5, 5.41) is 16.7. The van der Waals surface area contributed by atoms with Gasteiger partial charge in [0.15, 0.2) is 0 Å². The van der Waals surface area contributed by atoms with Gasteiger partial charge >= 0.3 is 144 Å². The monoisotopic (exact) mass is 696 g/mol. The summed E-state index contributed by atoms with van der Waals surface area (Å²) in [5.74, 6) is 0. The van der Waals surface area contributed by atoms with E-state index in [4.69, 9.17) is 35.2 Å². The molecule has 0 heterocycles. The number of hydrogen-bond donors (Lipinski definition) is 0. The first-order valence-electron chi connectivity index (χ1n) is 1.71. The number of hydrogen-bond acceptors (Lipinski definition) is 9. The molecule has 9 nitrogen and oxygen atoms in total. The molecule has 0 atom stereocenters. The Balaban J connectivity index is -0.0000000270. The number of carbonyl (C=O) groups is 1. The molecular formula is CBaCaO9Ta2. The molecule has 0 rings (SSSR count). The molecule has 0 aromatic carbocycles. The Bertz CT molecular complexity index is 203. The van der Waals surface area contributed by atoms with Crippen LogP contribution in [0.1, 0.15) is 0 Å². The van der Waals surface area contributed by atoms with Crippen molar-refractivity contribution in [1.29, 1.82) is 0 Å². The van der Waals surface area contributed by atoms with E-state index in [2.05, 4.69) is 0 Å². The predicted octanol–water partition coefficient (Wildman–Crippen LogP) is -6.07. The molecule has 0 aliphatic heterocycles. The summed E-state index contributed by atoms with van der Waals surface area (Å²) in [6.45, 7) is 0. The first-order chi connectivity index (χ1) is 5.20. The minimum absolute atomic E-state index is 0. The van der Waals surface area contributed by atoms with Gasteiger partial charge in [-0.25, -0.2) is 0 Å². The maximum absolute atomic E-state index is 8.62. The van der Waals surface area contributed by atoms with Crippen LogP contribution in [0.5, 0.6) is 0 Å². The van der Waals surface area contributed by atoms with Crippen molar-refractivity contribution in [2.45, 2.75) is 0 Å². The van der Waals surface area contributed by atoms with Gasteiger partial charge in [-0.3, -0.25) is 0 Å². The summed E-state index contributed by atoms with van der Waals surface area (Å²) in [6, 6.07) is 0. The summed E-state index contributed by atoms with van der Waals surface area (Å²) in [5.41, 5.74) is 0. The van der Waals surface area contributed by atoms with E-state index < -0.39 is 43.7 Å². The van der Waals surface area contributed by atoms with Crippen molar-refractivity contribution in [3.8, 4) is 0 Å². The molecule has 0 aliphatic rings. The van der Waals surface area contributed by atoms with Crippen LogP contribution in [0.25, 0.3) is 0 Å². The Morgan fingerprint density at radius 3 is 0.857 bits per heavy atom. The zero-order valence-corrected chi connectivity index (χ0v) is 19.6. The first kappa shape index (κ1) is 30.1. The fourth-order valence-electron chi connectivity index (χ4n) is 0. The molecule has 0 saturated heterocycles. The van der Waals surface area contributed by atoms with Crippen molar-refractivity contribution in [2.24, 2.45) is 0 Å². The third kappa shape index (κ3) is 378. The molecule has 0 aromatic rings. The van der Waals surface area contributed by atoms with Gasteiger partial charge in [-0.2, -0.15) is 0 Å². The average Bonchev–Trinajstić information content (AvgIpc) is 1.54. The van der Waals surface area contributed by atoms with Crippen LogP contribution in [0.3, 0.4) is 0 Å². The van der Waals surface area contributed by atoms with Crippen LogP contribution in [0.15, 0.2) is 0 Å². The Morgan fingerprint density at radius 2 is 0.857 bits per heavy atom. The summed E-state index contributed by atoms with van der Waals surface area (Å²) < 4.78 is 51.7. The first-order valence-corrected chi connectivity index (χ1v) is 9.58. The van der Waals surface area contributed by atoms with Gasteiger partial charge in [0.05, 0.1) is 0 Å². The molecule has 0 aliphatic carbocycles. The molecule has 0 unspecified atom stereocenters. The molecule has 0 aromatic heterocycles. The van der Waals surface area contributed by atoms with Crippen molar-refractivity contribution in [3.63, 3.8) is 0 Å². The molecule has 0 radical (unpaired) electrons. The van der Waals surface area contributed by atoms with Gasteiger partial charge in [-0.05, 0) is 6.16 Å². The zero-order chi connectivity index (χ0) is 10.7. The molecule has 0 saturated carbocycles. The van der Waals surface area contributed by atoms with Gasteiger partial charge < -0.3 is 15.0 Å². The number of carbonyl (C=O) groups excluding carboxylic acids is 1. The number of rotatable bonds is 0. The molecule has 0 spiro atoms. The predicted molar refractivity (Wildman–Crippen MR) is 19.6 cm³/mol. The maximum atomic E-state index is 8.62. The van der Waals surface area contributed by atoms with E-state index in [1.165, 1.54) is 0 Å². The molecule has 72 valence electrons.